The van der Waals surface area contributed by atoms with E-state index >= 15 is 0 Å². The Bertz CT molecular complexity index is 203. The molecule has 0 saturated carbocycles. The first-order chi connectivity index (χ1) is 4.83. The molecule has 0 atom stereocenters. The second-order valence-corrected chi connectivity index (χ2v) is 2.24. The van der Waals surface area contributed by atoms with Crippen molar-refractivity contribution in [1.29, 1.82) is 0 Å². The van der Waals surface area contributed by atoms with Gasteiger partial charge >= 0.3 is 23.1 Å². The van der Waals surface area contributed by atoms with Gasteiger partial charge in [-0.2, -0.15) is 23.7 Å². The van der Waals surface area contributed by atoms with Gasteiger partial charge in [-0.05, 0) is 6.92 Å². The van der Waals surface area contributed by atoms with E-state index in [4.69, 9.17) is 16.3 Å². The minimum Gasteiger partial charge on any atom is -1.00 e. The molecule has 0 aromatic heterocycles. The van der Waals surface area contributed by atoms with E-state index in [2.05, 4.69) is 6.07 Å². The first-order valence-electron chi connectivity index (χ1n) is 3.13. The molecular weight excluding hydrogens is 252 g/mol. The van der Waals surface area contributed by atoms with Gasteiger partial charge in [0.25, 0.3) is 0 Å². The van der Waals surface area contributed by atoms with Crippen LogP contribution in [0.3, 0.4) is 0 Å². The van der Waals surface area contributed by atoms with Crippen LogP contribution in [-0.4, -0.2) is 29.7 Å². The molecule has 0 unspecified atom stereocenters. The number of hydrogen-bond acceptors (Lipinski definition) is 1. The summed E-state index contributed by atoms with van der Waals surface area (Å²) in [7, 11) is 0. The van der Waals surface area contributed by atoms with Crippen molar-refractivity contribution in [1.82, 2.24) is 0 Å². The number of ether oxygens (including phenoxy) is 1. The van der Waals surface area contributed by atoms with Gasteiger partial charge in [0.2, 0.25) is 0 Å². The standard InChI is InChI=1S/C8H8ClO.BrH.Mg/c1-2-10-8-5-3-7(9)4-6-8;;/h3-5H,2H2,1H3;1H;/q-1;;+2/p-1. The molecule has 1 rings (SSSR count). The molecular formula is C8H8BrClMgO. The maximum Gasteiger partial charge on any atom is 2.00 e. The van der Waals surface area contributed by atoms with E-state index in [1.54, 1.807) is 18.2 Å². The van der Waals surface area contributed by atoms with Crippen LogP contribution in [0.2, 0.25) is 5.02 Å². The Balaban J connectivity index is 0. The number of benzene rings is 1. The van der Waals surface area contributed by atoms with Crippen molar-refractivity contribution < 1.29 is 21.7 Å². The molecule has 12 heavy (non-hydrogen) atoms. The predicted octanol–water partition coefficient (Wildman–Crippen LogP) is -0.838. The van der Waals surface area contributed by atoms with Crippen LogP contribution in [0.15, 0.2) is 18.2 Å². The minimum absolute atomic E-state index is 0. The van der Waals surface area contributed by atoms with Crippen molar-refractivity contribution in [2.24, 2.45) is 0 Å². The maximum atomic E-state index is 5.63. The Kier molecular flexibility index (Phi) is 10.2. The minimum atomic E-state index is 0. The molecule has 0 amide bonds. The average Bonchev–Trinajstić information content (AvgIpc) is 1.95. The first-order valence-corrected chi connectivity index (χ1v) is 3.50. The fraction of sp³-hybridized carbons (Fsp3) is 0.250. The molecule has 1 aromatic rings. The molecule has 0 saturated heterocycles. The Morgan fingerprint density at radius 2 is 2.17 bits per heavy atom. The Labute approximate surface area is 104 Å². The third-order valence-corrected chi connectivity index (χ3v) is 1.28. The van der Waals surface area contributed by atoms with Gasteiger partial charge in [0, 0.05) is 5.75 Å². The summed E-state index contributed by atoms with van der Waals surface area (Å²) in [6.45, 7) is 2.60. The quantitative estimate of drug-likeness (QED) is 0.497. The number of halogens is 2. The fourth-order valence-corrected chi connectivity index (χ4v) is 0.754. The molecule has 0 N–H and O–H groups in total. The second-order valence-electron chi connectivity index (χ2n) is 1.80. The van der Waals surface area contributed by atoms with Gasteiger partial charge in [-0.15, -0.1) is 12.1 Å². The van der Waals surface area contributed by atoms with Crippen LogP contribution in [0.25, 0.3) is 0 Å². The molecule has 0 fully saturated rings. The van der Waals surface area contributed by atoms with E-state index in [-0.39, 0.29) is 40.0 Å². The van der Waals surface area contributed by atoms with E-state index < -0.39 is 0 Å². The van der Waals surface area contributed by atoms with Gasteiger partial charge in [0.1, 0.15) is 0 Å². The summed E-state index contributed by atoms with van der Waals surface area (Å²) in [5.74, 6) is 0.743. The molecule has 1 nitrogen and oxygen atoms in total. The zero-order chi connectivity index (χ0) is 7.40. The number of rotatable bonds is 2. The molecule has 0 bridgehead atoms. The monoisotopic (exact) mass is 258 g/mol. The van der Waals surface area contributed by atoms with Crippen molar-refractivity contribution in [3.63, 3.8) is 0 Å². The first kappa shape index (κ1) is 15.0. The third-order valence-electron chi connectivity index (χ3n) is 1.05. The topological polar surface area (TPSA) is 9.23 Å². The molecule has 0 aliphatic carbocycles. The van der Waals surface area contributed by atoms with Crippen molar-refractivity contribution in [2.75, 3.05) is 6.61 Å². The Morgan fingerprint density at radius 3 is 2.58 bits per heavy atom. The summed E-state index contributed by atoms with van der Waals surface area (Å²) < 4.78 is 5.15. The molecule has 0 heterocycles. The normalized spacial score (nSPS) is 7.83. The van der Waals surface area contributed by atoms with Crippen LogP contribution in [0.1, 0.15) is 6.92 Å². The summed E-state index contributed by atoms with van der Waals surface area (Å²) in [5, 5.41) is 0.684. The van der Waals surface area contributed by atoms with Crippen molar-refractivity contribution in [3.05, 3.63) is 29.3 Å². The second kappa shape index (κ2) is 8.17. The molecule has 62 valence electrons. The SMILES string of the molecule is CCOc1[c-]cc(Cl)cc1.[Br-].[Mg+2]. The van der Waals surface area contributed by atoms with Crippen LogP contribution in [0, 0.1) is 6.07 Å². The van der Waals surface area contributed by atoms with Gasteiger partial charge in [-0.25, -0.2) is 0 Å². The van der Waals surface area contributed by atoms with Gasteiger partial charge < -0.3 is 21.7 Å². The van der Waals surface area contributed by atoms with E-state index in [1.165, 1.54) is 0 Å². The molecule has 4 heteroatoms. The molecule has 1 aromatic carbocycles. The molecule has 0 spiro atoms. The largest absolute Gasteiger partial charge is 2.00 e. The summed E-state index contributed by atoms with van der Waals surface area (Å²) in [5.41, 5.74) is 0. The smallest absolute Gasteiger partial charge is 1.00 e. The zero-order valence-corrected chi connectivity index (χ0v) is 10.6. The van der Waals surface area contributed by atoms with E-state index in [0.717, 1.165) is 5.75 Å². The maximum absolute atomic E-state index is 5.63. The van der Waals surface area contributed by atoms with Gasteiger partial charge in [0.15, 0.2) is 0 Å². The van der Waals surface area contributed by atoms with Crippen LogP contribution in [0.5, 0.6) is 5.75 Å². The molecule has 0 aliphatic heterocycles. The Morgan fingerprint density at radius 1 is 1.50 bits per heavy atom. The zero-order valence-electron chi connectivity index (χ0n) is 6.81. The fourth-order valence-electron chi connectivity index (χ4n) is 0.637. The Hall–Kier alpha value is 0.556. The van der Waals surface area contributed by atoms with Gasteiger partial charge in [-0.1, -0.05) is 5.02 Å². The number of hydrogen-bond donors (Lipinski definition) is 0. The summed E-state index contributed by atoms with van der Waals surface area (Å²) >= 11 is 5.63. The van der Waals surface area contributed by atoms with Crippen LogP contribution in [-0.2, 0) is 0 Å². The van der Waals surface area contributed by atoms with E-state index in [1.807, 2.05) is 6.92 Å². The average molecular weight is 260 g/mol. The summed E-state index contributed by atoms with van der Waals surface area (Å²) in [6, 6.07) is 8.15. The van der Waals surface area contributed by atoms with E-state index in [0.29, 0.717) is 11.6 Å². The van der Waals surface area contributed by atoms with Crippen LogP contribution in [0.4, 0.5) is 0 Å². The van der Waals surface area contributed by atoms with Crippen molar-refractivity contribution >= 4 is 34.7 Å². The summed E-state index contributed by atoms with van der Waals surface area (Å²) in [6.07, 6.45) is 0. The van der Waals surface area contributed by atoms with Crippen molar-refractivity contribution in [2.45, 2.75) is 6.92 Å². The van der Waals surface area contributed by atoms with Crippen LogP contribution < -0.4 is 21.7 Å². The summed E-state index contributed by atoms with van der Waals surface area (Å²) in [4.78, 5) is 0. The van der Waals surface area contributed by atoms with Crippen LogP contribution >= 0.6 is 11.6 Å². The predicted molar refractivity (Wildman–Crippen MR) is 47.2 cm³/mol. The van der Waals surface area contributed by atoms with Gasteiger partial charge in [-0.3, -0.25) is 0 Å². The van der Waals surface area contributed by atoms with Crippen molar-refractivity contribution in [3.8, 4) is 5.75 Å². The van der Waals surface area contributed by atoms with Gasteiger partial charge in [0.05, 0.1) is 6.61 Å². The molecule has 0 aliphatic rings. The van der Waals surface area contributed by atoms with E-state index in [9.17, 15) is 0 Å². The molecule has 0 radical (unpaired) electrons. The third kappa shape index (κ3) is 5.25.